The number of fused-ring (bicyclic) bond motifs is 2. The van der Waals surface area contributed by atoms with Crippen LogP contribution in [0.4, 0.5) is 17.1 Å². The van der Waals surface area contributed by atoms with Gasteiger partial charge in [0.05, 0.1) is 0 Å². The van der Waals surface area contributed by atoms with Gasteiger partial charge in [-0.3, -0.25) is 4.55 Å². The van der Waals surface area contributed by atoms with E-state index in [1.54, 1.807) is 18.2 Å². The van der Waals surface area contributed by atoms with Crippen LogP contribution in [-0.2, 0) is 10.1 Å². The summed E-state index contributed by atoms with van der Waals surface area (Å²) in [6.45, 7) is 0. The SMILES string of the molecule is O=Nc1ccc2c(N=Nc3c(O)ccc4ccccc34)c(O)cc(S(=O)(=O)O)c2c1. The van der Waals surface area contributed by atoms with Gasteiger partial charge in [-0.2, -0.15) is 8.42 Å². The number of azo groups is 1. The van der Waals surface area contributed by atoms with Gasteiger partial charge in [-0.15, -0.1) is 15.1 Å². The minimum atomic E-state index is -4.71. The summed E-state index contributed by atoms with van der Waals surface area (Å²) < 4.78 is 33.0. The number of phenolic OH excluding ortho intramolecular Hbond substituents is 2. The Morgan fingerprint density at radius 1 is 0.733 bits per heavy atom. The van der Waals surface area contributed by atoms with Gasteiger partial charge in [0.25, 0.3) is 10.1 Å². The topological polar surface area (TPSA) is 149 Å². The molecule has 0 spiro atoms. The molecule has 10 heteroatoms. The van der Waals surface area contributed by atoms with Crippen LogP contribution in [-0.4, -0.2) is 23.2 Å². The van der Waals surface area contributed by atoms with Crippen molar-refractivity contribution in [3.05, 3.63) is 65.6 Å². The van der Waals surface area contributed by atoms with E-state index in [-0.39, 0.29) is 33.6 Å². The van der Waals surface area contributed by atoms with Gasteiger partial charge in [0.1, 0.15) is 33.5 Å². The number of rotatable bonds is 4. The van der Waals surface area contributed by atoms with Gasteiger partial charge in [-0.25, -0.2) is 0 Å². The molecule has 3 N–H and O–H groups in total. The zero-order chi connectivity index (χ0) is 21.5. The van der Waals surface area contributed by atoms with Crippen molar-refractivity contribution in [2.24, 2.45) is 15.4 Å². The molecule has 0 amide bonds. The van der Waals surface area contributed by atoms with Crippen molar-refractivity contribution in [1.29, 1.82) is 0 Å². The molecular weight excluding hydrogens is 410 g/mol. The van der Waals surface area contributed by atoms with E-state index in [1.165, 1.54) is 18.2 Å². The number of hydrogen-bond acceptors (Lipinski definition) is 8. The first-order chi connectivity index (χ1) is 14.3. The Hall–Kier alpha value is -3.89. The maximum atomic E-state index is 11.7. The van der Waals surface area contributed by atoms with Gasteiger partial charge in [-0.05, 0) is 34.8 Å². The second kappa shape index (κ2) is 7.17. The first-order valence-corrected chi connectivity index (χ1v) is 9.96. The predicted molar refractivity (Wildman–Crippen MR) is 111 cm³/mol. The smallest absolute Gasteiger partial charge is 0.295 e. The first kappa shape index (κ1) is 19.4. The molecule has 0 bridgehead atoms. The number of nitrogens with zero attached hydrogens (tertiary/aromatic N) is 3. The number of hydrogen-bond donors (Lipinski definition) is 3. The Morgan fingerprint density at radius 3 is 2.13 bits per heavy atom. The second-order valence-corrected chi connectivity index (χ2v) is 7.78. The molecule has 0 saturated carbocycles. The van der Waals surface area contributed by atoms with E-state index in [2.05, 4.69) is 15.4 Å². The van der Waals surface area contributed by atoms with Crippen LogP contribution in [0.5, 0.6) is 11.5 Å². The summed E-state index contributed by atoms with van der Waals surface area (Å²) in [7, 11) is -4.71. The Labute approximate surface area is 169 Å². The van der Waals surface area contributed by atoms with Crippen LogP contribution in [0.3, 0.4) is 0 Å². The average Bonchev–Trinajstić information content (AvgIpc) is 2.72. The molecule has 0 heterocycles. The highest BCUT2D eigenvalue weighted by Crippen LogP contribution is 2.43. The lowest BCUT2D eigenvalue weighted by molar-refractivity contribution is 0.468. The molecule has 0 aliphatic carbocycles. The van der Waals surface area contributed by atoms with Crippen LogP contribution in [0.25, 0.3) is 21.5 Å². The van der Waals surface area contributed by atoms with E-state index in [0.29, 0.717) is 5.39 Å². The molecule has 0 saturated heterocycles. The normalized spacial score (nSPS) is 12.0. The fourth-order valence-electron chi connectivity index (χ4n) is 3.17. The van der Waals surface area contributed by atoms with Crippen molar-refractivity contribution in [2.75, 3.05) is 0 Å². The molecule has 0 unspecified atom stereocenters. The molecule has 30 heavy (non-hydrogen) atoms. The van der Waals surface area contributed by atoms with E-state index in [0.717, 1.165) is 17.5 Å². The predicted octanol–water partition coefficient (Wildman–Crippen LogP) is 5.46. The summed E-state index contributed by atoms with van der Waals surface area (Å²) >= 11 is 0. The van der Waals surface area contributed by atoms with Gasteiger partial charge in [0.2, 0.25) is 0 Å². The van der Waals surface area contributed by atoms with Crippen molar-refractivity contribution in [3.8, 4) is 11.5 Å². The average molecular weight is 423 g/mol. The van der Waals surface area contributed by atoms with Crippen LogP contribution in [0.1, 0.15) is 0 Å². The highest BCUT2D eigenvalue weighted by atomic mass is 32.2. The van der Waals surface area contributed by atoms with Crippen LogP contribution < -0.4 is 0 Å². The van der Waals surface area contributed by atoms with Gasteiger partial charge >= 0.3 is 0 Å². The number of benzene rings is 4. The molecular formula is C20H13N3O6S. The van der Waals surface area contributed by atoms with Crippen LogP contribution in [0.15, 0.2) is 81.0 Å². The Kier molecular flexibility index (Phi) is 4.65. The monoisotopic (exact) mass is 423 g/mol. The van der Waals surface area contributed by atoms with Crippen LogP contribution in [0, 0.1) is 4.91 Å². The number of aromatic hydroxyl groups is 2. The number of phenols is 2. The van der Waals surface area contributed by atoms with Crippen LogP contribution >= 0.6 is 0 Å². The third-order valence-corrected chi connectivity index (χ3v) is 5.44. The summed E-state index contributed by atoms with van der Waals surface area (Å²) in [6, 6.07) is 14.9. The highest BCUT2D eigenvalue weighted by Gasteiger charge is 2.20. The molecule has 9 nitrogen and oxygen atoms in total. The lowest BCUT2D eigenvalue weighted by Crippen LogP contribution is -1.99. The summed E-state index contributed by atoms with van der Waals surface area (Å²) in [5.74, 6) is -0.700. The minimum absolute atomic E-state index is 0.0662. The van der Waals surface area contributed by atoms with E-state index in [4.69, 9.17) is 0 Å². The van der Waals surface area contributed by atoms with Crippen molar-refractivity contribution < 1.29 is 23.2 Å². The largest absolute Gasteiger partial charge is 0.506 e. The van der Waals surface area contributed by atoms with E-state index < -0.39 is 20.8 Å². The zero-order valence-electron chi connectivity index (χ0n) is 15.1. The lowest BCUT2D eigenvalue weighted by atomic mass is 10.1. The van der Waals surface area contributed by atoms with Gasteiger partial charge in [0.15, 0.2) is 0 Å². The molecule has 4 rings (SSSR count). The Morgan fingerprint density at radius 2 is 1.43 bits per heavy atom. The van der Waals surface area contributed by atoms with E-state index in [9.17, 15) is 28.1 Å². The molecule has 0 fully saturated rings. The lowest BCUT2D eigenvalue weighted by Gasteiger charge is -2.09. The fourth-order valence-corrected chi connectivity index (χ4v) is 3.88. The van der Waals surface area contributed by atoms with Crippen molar-refractivity contribution in [3.63, 3.8) is 0 Å². The number of nitroso groups, excluding NO2 is 1. The summed E-state index contributed by atoms with van der Waals surface area (Å²) in [5, 5.41) is 32.9. The first-order valence-electron chi connectivity index (χ1n) is 8.52. The zero-order valence-corrected chi connectivity index (χ0v) is 15.9. The molecule has 4 aromatic carbocycles. The van der Waals surface area contributed by atoms with Gasteiger partial charge in [0, 0.05) is 22.2 Å². The third kappa shape index (κ3) is 3.34. The van der Waals surface area contributed by atoms with Gasteiger partial charge in [-0.1, -0.05) is 30.3 Å². The summed E-state index contributed by atoms with van der Waals surface area (Å²) in [6.07, 6.45) is 0. The van der Waals surface area contributed by atoms with Crippen molar-refractivity contribution >= 4 is 48.7 Å². The molecule has 0 atom stereocenters. The fraction of sp³-hybridized carbons (Fsp3) is 0. The molecule has 0 radical (unpaired) electrons. The third-order valence-electron chi connectivity index (χ3n) is 4.55. The maximum Gasteiger partial charge on any atom is 0.295 e. The molecule has 0 aliphatic heterocycles. The summed E-state index contributed by atoms with van der Waals surface area (Å²) in [5.41, 5.74) is -0.0273. The Bertz CT molecular complexity index is 1460. The standard InChI is InChI=1S/C20H13N3O6S/c24-16-8-5-11-3-1-2-4-13(11)19(16)21-22-20-14-7-6-12(23-26)9-15(14)18(10-17(20)25)30(27,28)29/h1-10,24-25H,(H,27,28,29). The van der Waals surface area contributed by atoms with Crippen LogP contribution in [0.2, 0.25) is 0 Å². The van der Waals surface area contributed by atoms with E-state index in [1.807, 2.05) is 12.1 Å². The molecule has 4 aromatic rings. The Balaban J connectivity index is 1.98. The highest BCUT2D eigenvalue weighted by molar-refractivity contribution is 7.86. The van der Waals surface area contributed by atoms with Gasteiger partial charge < -0.3 is 10.2 Å². The van der Waals surface area contributed by atoms with E-state index >= 15 is 0 Å². The molecule has 150 valence electrons. The molecule has 0 aromatic heterocycles. The second-order valence-electron chi connectivity index (χ2n) is 6.39. The molecule has 0 aliphatic rings. The maximum absolute atomic E-state index is 11.7. The summed E-state index contributed by atoms with van der Waals surface area (Å²) in [4.78, 5) is 10.3. The quantitative estimate of drug-likeness (QED) is 0.225. The van der Waals surface area contributed by atoms with Crippen molar-refractivity contribution in [1.82, 2.24) is 0 Å². The van der Waals surface area contributed by atoms with Crippen molar-refractivity contribution in [2.45, 2.75) is 4.90 Å². The minimum Gasteiger partial charge on any atom is -0.506 e.